The molecule has 2 N–H and O–H groups in total. The Bertz CT molecular complexity index is 431. The van der Waals surface area contributed by atoms with Crippen molar-refractivity contribution in [3.8, 4) is 0 Å². The third kappa shape index (κ3) is 2.87. The van der Waals surface area contributed by atoms with E-state index >= 15 is 0 Å². The van der Waals surface area contributed by atoms with Crippen molar-refractivity contribution < 1.29 is 0 Å². The summed E-state index contributed by atoms with van der Waals surface area (Å²) in [5.41, 5.74) is 7.41. The second-order valence-electron chi connectivity index (χ2n) is 6.25. The van der Waals surface area contributed by atoms with Gasteiger partial charge >= 0.3 is 0 Å². The second kappa shape index (κ2) is 5.29. The monoisotopic (exact) mass is 280 g/mol. The maximum absolute atomic E-state index is 6.05. The largest absolute Gasteiger partial charge is 0.383 e. The first-order valence-corrected chi connectivity index (χ1v) is 8.07. The summed E-state index contributed by atoms with van der Waals surface area (Å²) in [4.78, 5) is 4.83. The summed E-state index contributed by atoms with van der Waals surface area (Å²) >= 11 is 1.61. The highest BCUT2D eigenvalue weighted by Crippen LogP contribution is 2.49. The Balaban J connectivity index is 1.65. The van der Waals surface area contributed by atoms with E-state index in [4.69, 9.17) is 5.73 Å². The quantitative estimate of drug-likeness (QED) is 0.920. The van der Waals surface area contributed by atoms with Crippen molar-refractivity contribution >= 4 is 22.4 Å². The molecule has 1 aromatic rings. The minimum absolute atomic E-state index is 0.702. The van der Waals surface area contributed by atoms with E-state index in [0.29, 0.717) is 5.92 Å². The van der Waals surface area contributed by atoms with Gasteiger partial charge in [0.05, 0.1) is 0 Å². The van der Waals surface area contributed by atoms with Gasteiger partial charge in [0.15, 0.2) is 0 Å². The first-order valence-electron chi connectivity index (χ1n) is 7.30. The van der Waals surface area contributed by atoms with Crippen LogP contribution in [0.15, 0.2) is 0 Å². The highest BCUT2D eigenvalue weighted by Gasteiger charge is 2.33. The van der Waals surface area contributed by atoms with Gasteiger partial charge in [0, 0.05) is 25.2 Å². The van der Waals surface area contributed by atoms with Crippen LogP contribution in [0.1, 0.15) is 37.2 Å². The molecule has 0 amide bonds. The fourth-order valence-corrected chi connectivity index (χ4v) is 4.07. The smallest absolute Gasteiger partial charge is 0.142 e. The molecule has 0 radical (unpaired) electrons. The van der Waals surface area contributed by atoms with Crippen LogP contribution in [-0.2, 0) is 0 Å². The second-order valence-corrected chi connectivity index (χ2v) is 7.01. The number of hydrogen-bond acceptors (Lipinski definition) is 5. The molecule has 0 spiro atoms. The summed E-state index contributed by atoms with van der Waals surface area (Å²) in [7, 11) is 4.34. The number of hydrogen-bond donors (Lipinski definition) is 1. The molecule has 2 aliphatic rings. The summed E-state index contributed by atoms with van der Waals surface area (Å²) in [6.07, 6.45) is 5.18. The average Bonchev–Trinajstić information content (AvgIpc) is 3.13. The third-order valence-corrected chi connectivity index (χ3v) is 5.19. The van der Waals surface area contributed by atoms with Crippen LogP contribution >= 0.6 is 11.5 Å². The molecule has 1 saturated carbocycles. The fraction of sp³-hybridized carbons (Fsp3) is 0.786. The highest BCUT2D eigenvalue weighted by atomic mass is 32.1. The SMILES string of the molecule is CN(C)CC1CCN(c2snc(N)c2C2CC2)CC1. The zero-order valence-electron chi connectivity index (χ0n) is 11.9. The van der Waals surface area contributed by atoms with Gasteiger partial charge in [-0.05, 0) is 63.1 Å². The van der Waals surface area contributed by atoms with Crippen LogP contribution in [-0.4, -0.2) is 43.0 Å². The van der Waals surface area contributed by atoms with Crippen LogP contribution in [0.25, 0.3) is 0 Å². The standard InChI is InChI=1S/C14H24N4S/c1-17(2)9-10-5-7-18(8-6-10)14-12(11-3-4-11)13(15)16-19-14/h10-11H,3-9H2,1-2H3,(H2,15,16). The maximum Gasteiger partial charge on any atom is 0.142 e. The van der Waals surface area contributed by atoms with Crippen LogP contribution in [0.4, 0.5) is 10.8 Å². The molecule has 4 nitrogen and oxygen atoms in total. The summed E-state index contributed by atoms with van der Waals surface area (Å²) in [5.74, 6) is 2.34. The van der Waals surface area contributed by atoms with E-state index in [-0.39, 0.29) is 0 Å². The number of nitrogens with two attached hydrogens (primary N) is 1. The van der Waals surface area contributed by atoms with Crippen molar-refractivity contribution in [3.05, 3.63) is 5.56 Å². The normalized spacial score (nSPS) is 21.3. The van der Waals surface area contributed by atoms with E-state index in [9.17, 15) is 0 Å². The van der Waals surface area contributed by atoms with Crippen molar-refractivity contribution in [2.45, 2.75) is 31.6 Å². The van der Waals surface area contributed by atoms with Crippen LogP contribution in [0.3, 0.4) is 0 Å². The summed E-state index contributed by atoms with van der Waals surface area (Å²) in [6, 6.07) is 0. The number of anilines is 2. The molecule has 0 atom stereocenters. The predicted octanol–water partition coefficient (Wildman–Crippen LogP) is 2.38. The molecule has 3 rings (SSSR count). The first-order chi connectivity index (χ1) is 9.15. The Morgan fingerprint density at radius 2 is 1.95 bits per heavy atom. The van der Waals surface area contributed by atoms with Gasteiger partial charge in [0.1, 0.15) is 10.8 Å². The van der Waals surface area contributed by atoms with E-state index in [1.807, 2.05) is 0 Å². The van der Waals surface area contributed by atoms with Crippen LogP contribution in [0, 0.1) is 5.92 Å². The summed E-state index contributed by atoms with van der Waals surface area (Å²) in [6.45, 7) is 3.55. The lowest BCUT2D eigenvalue weighted by atomic mass is 9.96. The average molecular weight is 280 g/mol. The molecule has 5 heteroatoms. The van der Waals surface area contributed by atoms with E-state index in [1.54, 1.807) is 11.5 Å². The Labute approximate surface area is 119 Å². The summed E-state index contributed by atoms with van der Waals surface area (Å²) < 4.78 is 4.39. The number of piperidine rings is 1. The number of nitrogens with zero attached hydrogens (tertiary/aromatic N) is 3. The lowest BCUT2D eigenvalue weighted by Gasteiger charge is -2.34. The number of nitrogen functional groups attached to an aromatic ring is 1. The van der Waals surface area contributed by atoms with E-state index in [2.05, 4.69) is 28.3 Å². The van der Waals surface area contributed by atoms with Crippen molar-refractivity contribution in [2.75, 3.05) is 44.4 Å². The molecular weight excluding hydrogens is 256 g/mol. The lowest BCUT2D eigenvalue weighted by molar-refractivity contribution is 0.285. The van der Waals surface area contributed by atoms with Gasteiger partial charge in [0.2, 0.25) is 0 Å². The summed E-state index contributed by atoms with van der Waals surface area (Å²) in [5, 5.41) is 1.36. The Morgan fingerprint density at radius 1 is 1.26 bits per heavy atom. The van der Waals surface area contributed by atoms with E-state index in [1.165, 1.54) is 55.9 Å². The number of rotatable bonds is 4. The maximum atomic E-state index is 6.05. The zero-order valence-corrected chi connectivity index (χ0v) is 12.7. The zero-order chi connectivity index (χ0) is 13.4. The van der Waals surface area contributed by atoms with Gasteiger partial charge < -0.3 is 15.5 Å². The van der Waals surface area contributed by atoms with Gasteiger partial charge in [-0.2, -0.15) is 4.37 Å². The molecule has 0 bridgehead atoms. The molecule has 19 heavy (non-hydrogen) atoms. The van der Waals surface area contributed by atoms with Gasteiger partial charge in [-0.15, -0.1) is 0 Å². The Kier molecular flexibility index (Phi) is 3.67. The van der Waals surface area contributed by atoms with Crippen molar-refractivity contribution in [2.24, 2.45) is 5.92 Å². The molecule has 0 unspecified atom stereocenters. The van der Waals surface area contributed by atoms with Gasteiger partial charge in [-0.25, -0.2) is 0 Å². The first kappa shape index (κ1) is 13.2. The third-order valence-electron chi connectivity index (χ3n) is 4.25. The van der Waals surface area contributed by atoms with Crippen LogP contribution in [0.2, 0.25) is 0 Å². The molecular formula is C14H24N4S. The molecule has 1 aromatic heterocycles. The van der Waals surface area contributed by atoms with Crippen molar-refractivity contribution in [3.63, 3.8) is 0 Å². The molecule has 0 aromatic carbocycles. The molecule has 1 aliphatic heterocycles. The van der Waals surface area contributed by atoms with Crippen LogP contribution < -0.4 is 10.6 Å². The fourth-order valence-electron chi connectivity index (χ4n) is 3.12. The van der Waals surface area contributed by atoms with E-state index < -0.39 is 0 Å². The van der Waals surface area contributed by atoms with Crippen molar-refractivity contribution in [1.82, 2.24) is 9.27 Å². The predicted molar refractivity (Wildman–Crippen MR) is 82.0 cm³/mol. The van der Waals surface area contributed by atoms with Gasteiger partial charge in [-0.3, -0.25) is 0 Å². The van der Waals surface area contributed by atoms with E-state index in [0.717, 1.165) is 11.7 Å². The molecule has 2 heterocycles. The molecule has 1 saturated heterocycles. The van der Waals surface area contributed by atoms with Crippen molar-refractivity contribution in [1.29, 1.82) is 0 Å². The molecule has 2 fully saturated rings. The van der Waals surface area contributed by atoms with Crippen LogP contribution in [0.5, 0.6) is 0 Å². The Morgan fingerprint density at radius 3 is 2.53 bits per heavy atom. The van der Waals surface area contributed by atoms with Gasteiger partial charge in [-0.1, -0.05) is 0 Å². The Hall–Kier alpha value is -0.810. The molecule has 106 valence electrons. The lowest BCUT2D eigenvalue weighted by Crippen LogP contribution is -2.37. The highest BCUT2D eigenvalue weighted by molar-refractivity contribution is 7.10. The molecule has 1 aliphatic carbocycles. The minimum Gasteiger partial charge on any atom is -0.383 e. The number of aromatic nitrogens is 1. The minimum atomic E-state index is 0.702. The topological polar surface area (TPSA) is 45.4 Å². The van der Waals surface area contributed by atoms with Gasteiger partial charge in [0.25, 0.3) is 0 Å².